The minimum atomic E-state index is -3.91. The molecule has 1 aliphatic rings. The second-order valence-electron chi connectivity index (χ2n) is 8.49. The van der Waals surface area contributed by atoms with Crippen LogP contribution in [0.15, 0.2) is 51.7 Å². The zero-order valence-electron chi connectivity index (χ0n) is 19.3. The maximum atomic E-state index is 13.5. The van der Waals surface area contributed by atoms with E-state index in [-0.39, 0.29) is 11.4 Å². The number of aromatic nitrogens is 2. The highest BCUT2D eigenvalue weighted by Gasteiger charge is 2.38. The molecule has 11 heteroatoms. The van der Waals surface area contributed by atoms with Gasteiger partial charge in [-0.25, -0.2) is 8.42 Å². The first-order valence-corrected chi connectivity index (χ1v) is 14.0. The van der Waals surface area contributed by atoms with Crippen LogP contribution in [0.1, 0.15) is 25.0 Å². The van der Waals surface area contributed by atoms with Gasteiger partial charge >= 0.3 is 0 Å². The monoisotopic (exact) mass is 518 g/mol. The number of thioether (sulfide) groups is 1. The van der Waals surface area contributed by atoms with Gasteiger partial charge in [0, 0.05) is 5.75 Å². The number of aryl methyl sites for hydroxylation is 2. The van der Waals surface area contributed by atoms with Crippen molar-refractivity contribution in [2.75, 3.05) is 21.9 Å². The van der Waals surface area contributed by atoms with Crippen LogP contribution >= 0.6 is 23.1 Å². The van der Waals surface area contributed by atoms with Gasteiger partial charge in [-0.05, 0) is 49.6 Å². The molecule has 0 saturated heterocycles. The van der Waals surface area contributed by atoms with Crippen molar-refractivity contribution in [3.8, 4) is 5.75 Å². The summed E-state index contributed by atoms with van der Waals surface area (Å²) < 4.78 is 35.0. The first-order chi connectivity index (χ1) is 16.1. The number of nitrogens with zero attached hydrogens (tertiary/aromatic N) is 3. The normalized spacial score (nSPS) is 15.7. The molecule has 1 amide bonds. The zero-order valence-corrected chi connectivity index (χ0v) is 21.8. The van der Waals surface area contributed by atoms with Crippen molar-refractivity contribution in [3.05, 3.63) is 53.6 Å². The molecule has 0 bridgehead atoms. The third kappa shape index (κ3) is 5.37. The third-order valence-electron chi connectivity index (χ3n) is 5.06. The summed E-state index contributed by atoms with van der Waals surface area (Å²) in [4.78, 5) is 13.2. The standard InChI is InChI=1S/C23H26N4O4S3/c1-14(2)13-32-23-26-25-22(33-23)24-21(28)20-12-27(18-10-7-16(4)11-19(18)31-20)34(29,30)17-8-5-15(3)6-9-17/h5-11,14,20H,12-13H2,1-4H3,(H,24,25,28). The summed E-state index contributed by atoms with van der Waals surface area (Å²) >= 11 is 2.86. The number of amides is 1. The van der Waals surface area contributed by atoms with Crippen molar-refractivity contribution in [2.24, 2.45) is 5.92 Å². The van der Waals surface area contributed by atoms with Crippen molar-refractivity contribution in [3.63, 3.8) is 0 Å². The molecular formula is C23H26N4O4S3. The largest absolute Gasteiger partial charge is 0.476 e. The molecule has 2 aromatic carbocycles. The maximum Gasteiger partial charge on any atom is 0.269 e. The van der Waals surface area contributed by atoms with E-state index < -0.39 is 22.0 Å². The van der Waals surface area contributed by atoms with Crippen LogP contribution in [-0.4, -0.2) is 42.9 Å². The molecular weight excluding hydrogens is 492 g/mol. The number of carbonyl (C=O) groups excluding carboxylic acids is 1. The van der Waals surface area contributed by atoms with E-state index in [9.17, 15) is 13.2 Å². The Morgan fingerprint density at radius 1 is 1.18 bits per heavy atom. The van der Waals surface area contributed by atoms with Gasteiger partial charge in [-0.1, -0.05) is 60.7 Å². The average molecular weight is 519 g/mol. The third-order valence-corrected chi connectivity index (χ3v) is 9.26. The van der Waals surface area contributed by atoms with E-state index in [0.717, 1.165) is 21.2 Å². The molecule has 1 N–H and O–H groups in total. The molecule has 2 heterocycles. The van der Waals surface area contributed by atoms with E-state index in [1.807, 2.05) is 19.9 Å². The Labute approximate surface area is 207 Å². The number of nitrogens with one attached hydrogen (secondary N) is 1. The highest BCUT2D eigenvalue weighted by atomic mass is 32.2. The van der Waals surface area contributed by atoms with Gasteiger partial charge in [0.15, 0.2) is 10.4 Å². The smallest absolute Gasteiger partial charge is 0.269 e. The number of rotatable bonds is 7. The van der Waals surface area contributed by atoms with Crippen molar-refractivity contribution >= 4 is 49.8 Å². The fourth-order valence-electron chi connectivity index (χ4n) is 3.31. The molecule has 4 rings (SSSR count). The number of fused-ring (bicyclic) bond motifs is 1. The van der Waals surface area contributed by atoms with E-state index in [2.05, 4.69) is 29.4 Å². The van der Waals surface area contributed by atoms with E-state index >= 15 is 0 Å². The molecule has 1 unspecified atom stereocenters. The molecule has 1 atom stereocenters. The lowest BCUT2D eigenvalue weighted by Gasteiger charge is -2.34. The van der Waals surface area contributed by atoms with Crippen LogP contribution in [0.4, 0.5) is 10.8 Å². The number of benzene rings is 2. The highest BCUT2D eigenvalue weighted by molar-refractivity contribution is 8.01. The summed E-state index contributed by atoms with van der Waals surface area (Å²) in [5.41, 5.74) is 2.25. The molecule has 8 nitrogen and oxygen atoms in total. The molecule has 34 heavy (non-hydrogen) atoms. The summed E-state index contributed by atoms with van der Waals surface area (Å²) in [6.45, 7) is 7.85. The summed E-state index contributed by atoms with van der Waals surface area (Å²) in [6, 6.07) is 11.9. The second-order valence-corrected chi connectivity index (χ2v) is 12.6. The Morgan fingerprint density at radius 3 is 2.59 bits per heavy atom. The van der Waals surface area contributed by atoms with Gasteiger partial charge in [-0.15, -0.1) is 10.2 Å². The van der Waals surface area contributed by atoms with E-state index in [1.165, 1.54) is 15.6 Å². The van der Waals surface area contributed by atoms with Crippen LogP contribution in [0.5, 0.6) is 5.75 Å². The number of hydrogen-bond acceptors (Lipinski definition) is 8. The minimum Gasteiger partial charge on any atom is -0.476 e. The Kier molecular flexibility index (Phi) is 7.15. The van der Waals surface area contributed by atoms with Crippen LogP contribution in [0, 0.1) is 19.8 Å². The summed E-state index contributed by atoms with van der Waals surface area (Å²) in [5, 5.41) is 11.2. The van der Waals surface area contributed by atoms with E-state index in [1.54, 1.807) is 48.2 Å². The summed E-state index contributed by atoms with van der Waals surface area (Å²) in [6.07, 6.45) is -1.05. The number of sulfonamides is 1. The highest BCUT2D eigenvalue weighted by Crippen LogP contribution is 2.38. The first kappa shape index (κ1) is 24.5. The number of ether oxygens (including phenoxy) is 1. The molecule has 0 spiro atoms. The Hall–Kier alpha value is -2.63. The van der Waals surface area contributed by atoms with Gasteiger partial charge in [0.05, 0.1) is 17.1 Å². The molecule has 0 radical (unpaired) electrons. The number of carbonyl (C=O) groups is 1. The topological polar surface area (TPSA) is 101 Å². The van der Waals surface area contributed by atoms with Crippen LogP contribution in [-0.2, 0) is 14.8 Å². The number of hydrogen-bond donors (Lipinski definition) is 1. The molecule has 180 valence electrons. The van der Waals surface area contributed by atoms with Gasteiger partial charge in [0.1, 0.15) is 5.75 Å². The Bertz CT molecular complexity index is 1290. The van der Waals surface area contributed by atoms with Gasteiger partial charge in [-0.3, -0.25) is 14.4 Å². The Balaban J connectivity index is 1.59. The van der Waals surface area contributed by atoms with Gasteiger partial charge in [-0.2, -0.15) is 0 Å². The molecule has 1 aromatic heterocycles. The molecule has 3 aromatic rings. The molecule has 1 aliphatic heterocycles. The first-order valence-electron chi connectivity index (χ1n) is 10.8. The fourth-order valence-corrected chi connectivity index (χ4v) is 6.51. The van der Waals surface area contributed by atoms with Gasteiger partial charge in [0.25, 0.3) is 15.9 Å². The van der Waals surface area contributed by atoms with E-state index in [0.29, 0.717) is 22.5 Å². The number of anilines is 2. The minimum absolute atomic E-state index is 0.154. The average Bonchev–Trinajstić information content (AvgIpc) is 3.24. The van der Waals surface area contributed by atoms with Crippen molar-refractivity contribution in [1.29, 1.82) is 0 Å². The Morgan fingerprint density at radius 2 is 1.88 bits per heavy atom. The zero-order chi connectivity index (χ0) is 24.5. The van der Waals surface area contributed by atoms with Crippen LogP contribution in [0.2, 0.25) is 0 Å². The lowest BCUT2D eigenvalue weighted by Crippen LogP contribution is -2.48. The molecule has 0 aliphatic carbocycles. The fraction of sp³-hybridized carbons (Fsp3) is 0.348. The quantitative estimate of drug-likeness (QED) is 0.363. The van der Waals surface area contributed by atoms with Crippen LogP contribution in [0.25, 0.3) is 0 Å². The summed E-state index contributed by atoms with van der Waals surface area (Å²) in [7, 11) is -3.91. The van der Waals surface area contributed by atoms with Crippen molar-refractivity contribution in [2.45, 2.75) is 43.0 Å². The SMILES string of the molecule is Cc1ccc(S(=O)(=O)N2CC(C(=O)Nc3nnc(SCC(C)C)s3)Oc3cc(C)ccc32)cc1. The lowest BCUT2D eigenvalue weighted by molar-refractivity contribution is -0.122. The van der Waals surface area contributed by atoms with Crippen LogP contribution < -0.4 is 14.4 Å². The maximum absolute atomic E-state index is 13.5. The van der Waals surface area contributed by atoms with Gasteiger partial charge < -0.3 is 4.74 Å². The molecule has 0 saturated carbocycles. The van der Waals surface area contributed by atoms with Crippen molar-refractivity contribution in [1.82, 2.24) is 10.2 Å². The lowest BCUT2D eigenvalue weighted by atomic mass is 10.1. The summed E-state index contributed by atoms with van der Waals surface area (Å²) in [5.74, 6) is 1.27. The predicted molar refractivity (Wildman–Crippen MR) is 135 cm³/mol. The second kappa shape index (κ2) is 9.93. The van der Waals surface area contributed by atoms with Crippen molar-refractivity contribution < 1.29 is 17.9 Å². The van der Waals surface area contributed by atoms with Crippen LogP contribution in [0.3, 0.4) is 0 Å². The molecule has 0 fully saturated rings. The van der Waals surface area contributed by atoms with E-state index in [4.69, 9.17) is 4.74 Å². The predicted octanol–water partition coefficient (Wildman–Crippen LogP) is 4.50. The van der Waals surface area contributed by atoms with Gasteiger partial charge in [0.2, 0.25) is 5.13 Å².